The predicted octanol–water partition coefficient (Wildman–Crippen LogP) is 2.20. The first kappa shape index (κ1) is 16.4. The van der Waals surface area contributed by atoms with E-state index in [2.05, 4.69) is 22.3 Å². The molecule has 4 rings (SSSR count). The molecule has 0 saturated carbocycles. The monoisotopic (exact) mass is 359 g/mol. The fourth-order valence-corrected chi connectivity index (χ4v) is 4.92. The maximum Gasteiger partial charge on any atom is 0.290 e. The number of thiophene rings is 1. The third-order valence-corrected chi connectivity index (χ3v) is 5.92. The van der Waals surface area contributed by atoms with Crippen LogP contribution in [0.25, 0.3) is 15.9 Å². The zero-order valence-corrected chi connectivity index (χ0v) is 15.2. The molecule has 1 aliphatic rings. The van der Waals surface area contributed by atoms with Crippen molar-refractivity contribution < 1.29 is 9.90 Å². The summed E-state index contributed by atoms with van der Waals surface area (Å²) in [6, 6.07) is 0. The summed E-state index contributed by atoms with van der Waals surface area (Å²) in [6.07, 6.45) is 3.98. The smallest absolute Gasteiger partial charge is 0.290 e. The number of carbonyl (C=O) groups is 1. The summed E-state index contributed by atoms with van der Waals surface area (Å²) in [5, 5.41) is 17.0. The number of aliphatic hydroxyl groups is 1. The number of hydrogen-bond donors (Lipinski definition) is 2. The van der Waals surface area contributed by atoms with Crippen LogP contribution in [0.5, 0.6) is 0 Å². The Balaban J connectivity index is 1.86. The molecule has 2 N–H and O–H groups in total. The summed E-state index contributed by atoms with van der Waals surface area (Å²) in [5.41, 5.74) is 2.06. The number of hydrogen-bond acceptors (Lipinski definition) is 6. The Hall–Kier alpha value is -2.06. The van der Waals surface area contributed by atoms with Crippen LogP contribution < -0.4 is 5.32 Å². The van der Waals surface area contributed by atoms with E-state index in [1.165, 1.54) is 23.3 Å². The Kier molecular flexibility index (Phi) is 4.16. The lowest BCUT2D eigenvalue weighted by atomic mass is 9.87. The van der Waals surface area contributed by atoms with Gasteiger partial charge < -0.3 is 10.4 Å². The van der Waals surface area contributed by atoms with Gasteiger partial charge in [-0.3, -0.25) is 4.79 Å². The second-order valence-corrected chi connectivity index (χ2v) is 7.66. The number of amides is 1. The van der Waals surface area contributed by atoms with Crippen LogP contribution in [0.3, 0.4) is 0 Å². The molecule has 132 valence electrons. The molecule has 25 heavy (non-hydrogen) atoms. The third kappa shape index (κ3) is 2.69. The molecule has 1 atom stereocenters. The van der Waals surface area contributed by atoms with Gasteiger partial charge in [-0.25, -0.2) is 9.97 Å². The summed E-state index contributed by atoms with van der Waals surface area (Å²) in [4.78, 5) is 23.9. The van der Waals surface area contributed by atoms with Crippen molar-refractivity contribution in [2.24, 2.45) is 0 Å². The van der Waals surface area contributed by atoms with Crippen LogP contribution in [0.1, 0.15) is 59.0 Å². The van der Waals surface area contributed by atoms with Crippen molar-refractivity contribution in [3.8, 4) is 0 Å². The highest BCUT2D eigenvalue weighted by Gasteiger charge is 2.26. The molecule has 1 amide bonds. The van der Waals surface area contributed by atoms with Crippen molar-refractivity contribution in [1.82, 2.24) is 24.9 Å². The Morgan fingerprint density at radius 1 is 1.44 bits per heavy atom. The molecular formula is C17H21N5O2S. The fourth-order valence-electron chi connectivity index (χ4n) is 3.54. The van der Waals surface area contributed by atoms with E-state index < -0.39 is 0 Å². The Bertz CT molecular complexity index is 961. The first-order valence-corrected chi connectivity index (χ1v) is 9.49. The molecule has 0 aromatic carbocycles. The maximum atomic E-state index is 12.3. The molecular weight excluding hydrogens is 338 g/mol. The molecule has 8 heteroatoms. The van der Waals surface area contributed by atoms with Crippen molar-refractivity contribution in [3.05, 3.63) is 22.1 Å². The predicted molar refractivity (Wildman–Crippen MR) is 96.3 cm³/mol. The molecule has 3 heterocycles. The average Bonchev–Trinajstić information content (AvgIpc) is 3.17. The molecule has 0 saturated heterocycles. The lowest BCUT2D eigenvalue weighted by Gasteiger charge is -2.18. The second kappa shape index (κ2) is 6.34. The van der Waals surface area contributed by atoms with Gasteiger partial charge in [0.1, 0.15) is 10.7 Å². The fraction of sp³-hybridized carbons (Fsp3) is 0.529. The highest BCUT2D eigenvalue weighted by Crippen LogP contribution is 2.42. The minimum Gasteiger partial charge on any atom is -0.396 e. The van der Waals surface area contributed by atoms with Crippen molar-refractivity contribution in [2.75, 3.05) is 13.2 Å². The van der Waals surface area contributed by atoms with E-state index >= 15 is 0 Å². The Morgan fingerprint density at radius 3 is 3.08 bits per heavy atom. The van der Waals surface area contributed by atoms with E-state index in [1.807, 2.05) is 6.92 Å². The van der Waals surface area contributed by atoms with Crippen molar-refractivity contribution in [2.45, 2.75) is 45.4 Å². The SMILES string of the molecule is Cc1nc2sc3c(c2c2nc(C(=O)NCCCO)nn12)C(C)CCC3. The molecule has 0 radical (unpaired) electrons. The van der Waals surface area contributed by atoms with Crippen LogP contribution in [0.2, 0.25) is 0 Å². The molecule has 0 aliphatic heterocycles. The van der Waals surface area contributed by atoms with Crippen LogP contribution >= 0.6 is 11.3 Å². The minimum atomic E-state index is -0.318. The number of carbonyl (C=O) groups excluding carboxylic acids is 1. The van der Waals surface area contributed by atoms with E-state index in [0.29, 0.717) is 18.9 Å². The molecule has 1 unspecified atom stereocenters. The average molecular weight is 359 g/mol. The van der Waals surface area contributed by atoms with Gasteiger partial charge in [-0.15, -0.1) is 16.4 Å². The van der Waals surface area contributed by atoms with Gasteiger partial charge in [-0.05, 0) is 44.1 Å². The lowest BCUT2D eigenvalue weighted by molar-refractivity contribution is 0.0941. The third-order valence-electron chi connectivity index (χ3n) is 4.76. The summed E-state index contributed by atoms with van der Waals surface area (Å²) < 4.78 is 1.68. The molecule has 0 spiro atoms. The lowest BCUT2D eigenvalue weighted by Crippen LogP contribution is -2.26. The number of aromatic nitrogens is 4. The van der Waals surface area contributed by atoms with Crippen LogP contribution in [0.15, 0.2) is 0 Å². The number of rotatable bonds is 4. The highest BCUT2D eigenvalue weighted by atomic mass is 32.1. The van der Waals surface area contributed by atoms with Crippen LogP contribution in [-0.2, 0) is 6.42 Å². The van der Waals surface area contributed by atoms with Gasteiger partial charge in [-0.2, -0.15) is 4.52 Å². The van der Waals surface area contributed by atoms with E-state index in [0.717, 1.165) is 28.1 Å². The Labute approximate surface area is 149 Å². The summed E-state index contributed by atoms with van der Waals surface area (Å²) in [6.45, 7) is 4.58. The van der Waals surface area contributed by atoms with Gasteiger partial charge in [0.2, 0.25) is 5.82 Å². The highest BCUT2D eigenvalue weighted by molar-refractivity contribution is 7.19. The van der Waals surface area contributed by atoms with Gasteiger partial charge in [0.25, 0.3) is 5.91 Å². The zero-order chi connectivity index (χ0) is 17.6. The van der Waals surface area contributed by atoms with Crippen LogP contribution in [-0.4, -0.2) is 43.7 Å². The second-order valence-electron chi connectivity index (χ2n) is 6.58. The molecule has 0 fully saturated rings. The number of nitrogens with one attached hydrogen (secondary N) is 1. The van der Waals surface area contributed by atoms with Gasteiger partial charge in [-0.1, -0.05) is 6.92 Å². The number of nitrogens with zero attached hydrogens (tertiary/aromatic N) is 4. The molecule has 3 aromatic heterocycles. The van der Waals surface area contributed by atoms with E-state index in [-0.39, 0.29) is 18.3 Å². The summed E-state index contributed by atoms with van der Waals surface area (Å²) in [7, 11) is 0. The summed E-state index contributed by atoms with van der Waals surface area (Å²) in [5.74, 6) is 1.04. The first-order valence-electron chi connectivity index (χ1n) is 8.68. The van der Waals surface area contributed by atoms with Crippen LogP contribution in [0, 0.1) is 6.92 Å². The number of aryl methyl sites for hydroxylation is 2. The normalized spacial score (nSPS) is 17.2. The van der Waals surface area contributed by atoms with E-state index in [9.17, 15) is 4.79 Å². The van der Waals surface area contributed by atoms with Gasteiger partial charge in [0.15, 0.2) is 5.65 Å². The largest absolute Gasteiger partial charge is 0.396 e. The minimum absolute atomic E-state index is 0.0431. The number of fused-ring (bicyclic) bond motifs is 5. The quantitative estimate of drug-likeness (QED) is 0.697. The first-order chi connectivity index (χ1) is 12.1. The van der Waals surface area contributed by atoms with E-state index in [4.69, 9.17) is 10.1 Å². The topological polar surface area (TPSA) is 92.4 Å². The van der Waals surface area contributed by atoms with Crippen LogP contribution in [0.4, 0.5) is 0 Å². The maximum absolute atomic E-state index is 12.3. The number of aliphatic hydroxyl groups excluding tert-OH is 1. The molecule has 1 aliphatic carbocycles. The van der Waals surface area contributed by atoms with E-state index in [1.54, 1.807) is 15.9 Å². The van der Waals surface area contributed by atoms with Crippen molar-refractivity contribution >= 4 is 33.1 Å². The zero-order valence-electron chi connectivity index (χ0n) is 14.4. The molecule has 7 nitrogen and oxygen atoms in total. The van der Waals surface area contributed by atoms with Gasteiger partial charge in [0, 0.05) is 18.0 Å². The van der Waals surface area contributed by atoms with Gasteiger partial charge >= 0.3 is 0 Å². The Morgan fingerprint density at radius 2 is 2.28 bits per heavy atom. The molecule has 3 aromatic rings. The van der Waals surface area contributed by atoms with Crippen molar-refractivity contribution in [3.63, 3.8) is 0 Å². The molecule has 0 bridgehead atoms. The summed E-state index contributed by atoms with van der Waals surface area (Å²) >= 11 is 1.75. The van der Waals surface area contributed by atoms with Gasteiger partial charge in [0.05, 0.1) is 5.39 Å². The standard InChI is InChI=1S/C17H21N5O2S/c1-9-5-3-6-11-12(9)13-15-20-14(16(24)18-7-4-8-23)21-22(15)10(2)19-17(13)25-11/h9,23H,3-8H2,1-2H3,(H,18,24). The van der Waals surface area contributed by atoms with Crippen molar-refractivity contribution in [1.29, 1.82) is 0 Å².